The van der Waals surface area contributed by atoms with Crippen molar-refractivity contribution in [2.75, 3.05) is 6.54 Å². The Balaban J connectivity index is 1.50. The van der Waals surface area contributed by atoms with E-state index in [0.717, 1.165) is 32.2 Å². The van der Waals surface area contributed by atoms with Crippen molar-refractivity contribution < 1.29 is 9.18 Å². The van der Waals surface area contributed by atoms with E-state index < -0.39 is 0 Å². The molecule has 1 aliphatic rings. The molecule has 37 heavy (non-hydrogen) atoms. The van der Waals surface area contributed by atoms with Crippen LogP contribution in [0.3, 0.4) is 0 Å². The Morgan fingerprint density at radius 2 is 2.11 bits per heavy atom. The normalized spacial score (nSPS) is 15.2. The van der Waals surface area contributed by atoms with Gasteiger partial charge >= 0.3 is 0 Å². The van der Waals surface area contributed by atoms with E-state index in [-0.39, 0.29) is 17.1 Å². The number of amides is 1. The highest BCUT2D eigenvalue weighted by molar-refractivity contribution is 8.08. The molecule has 1 amide bonds. The van der Waals surface area contributed by atoms with Gasteiger partial charge in [0.15, 0.2) is 0 Å². The fourth-order valence-corrected chi connectivity index (χ4v) is 5.90. The summed E-state index contributed by atoms with van der Waals surface area (Å²) < 4.78 is 15.2. The highest BCUT2D eigenvalue weighted by Gasteiger charge is 2.23. The fourth-order valence-electron chi connectivity index (χ4n) is 3.77. The third-order valence-electron chi connectivity index (χ3n) is 5.76. The molecule has 1 unspecified atom stereocenters. The summed E-state index contributed by atoms with van der Waals surface area (Å²) in [4.78, 5) is 15.0. The minimum Gasteiger partial charge on any atom is -0.404 e. The van der Waals surface area contributed by atoms with E-state index in [0.29, 0.717) is 30.7 Å². The van der Waals surface area contributed by atoms with Crippen LogP contribution >= 0.6 is 23.5 Å². The number of carbonyl (C=O) groups is 1. The van der Waals surface area contributed by atoms with Gasteiger partial charge < -0.3 is 21.8 Å². The number of thioether (sulfide) groups is 2. The Kier molecular flexibility index (Phi) is 9.08. The highest BCUT2D eigenvalue weighted by Crippen LogP contribution is 2.45. The van der Waals surface area contributed by atoms with Crippen molar-refractivity contribution in [1.82, 2.24) is 20.4 Å². The first-order valence-corrected chi connectivity index (χ1v) is 13.7. The lowest BCUT2D eigenvalue weighted by Crippen LogP contribution is -2.24. The number of nitrogens with one attached hydrogen (secondary N) is 3. The van der Waals surface area contributed by atoms with Crippen molar-refractivity contribution in [3.8, 4) is 0 Å². The summed E-state index contributed by atoms with van der Waals surface area (Å²) in [6, 6.07) is 14.2. The van der Waals surface area contributed by atoms with Crippen LogP contribution in [-0.2, 0) is 12.8 Å². The predicted molar refractivity (Wildman–Crippen MR) is 150 cm³/mol. The van der Waals surface area contributed by atoms with E-state index in [4.69, 9.17) is 11.1 Å². The van der Waals surface area contributed by atoms with E-state index in [1.54, 1.807) is 40.3 Å². The summed E-state index contributed by atoms with van der Waals surface area (Å²) in [6.45, 7) is 0.487. The summed E-state index contributed by atoms with van der Waals surface area (Å²) in [5.41, 5.74) is 9.72. The molecular formula is C27H29FN6OS2. The van der Waals surface area contributed by atoms with E-state index in [1.165, 1.54) is 24.5 Å². The number of nitrogens with two attached hydrogens (primary N) is 1. The van der Waals surface area contributed by atoms with Gasteiger partial charge in [-0.3, -0.25) is 9.48 Å². The highest BCUT2D eigenvalue weighted by atomic mass is 32.2. The summed E-state index contributed by atoms with van der Waals surface area (Å²) in [5, 5.41) is 18.1. The number of carbonyl (C=O) groups excluding carboxylic acids is 1. The van der Waals surface area contributed by atoms with Crippen LogP contribution in [-0.4, -0.2) is 28.4 Å². The number of aryl methyl sites for hydroxylation is 1. The predicted octanol–water partition coefficient (Wildman–Crippen LogP) is 5.19. The Morgan fingerprint density at radius 3 is 2.81 bits per heavy atom. The molecule has 0 saturated carbocycles. The SMILES string of the molecule is Cn1ccc(CSc2ccc(C(=O)NCCC/C(C=N)=C/N)cc2C2=CNC(c3ccc(F)cc3)S2)n1. The van der Waals surface area contributed by atoms with Crippen molar-refractivity contribution in [3.05, 3.63) is 101 Å². The van der Waals surface area contributed by atoms with Gasteiger partial charge in [0, 0.05) is 58.9 Å². The molecule has 0 fully saturated rings. The van der Waals surface area contributed by atoms with Crippen LogP contribution in [0.1, 0.15) is 45.4 Å². The van der Waals surface area contributed by atoms with Crippen molar-refractivity contribution in [3.63, 3.8) is 0 Å². The maximum Gasteiger partial charge on any atom is 0.251 e. The lowest BCUT2D eigenvalue weighted by atomic mass is 10.1. The number of hydrogen-bond donors (Lipinski definition) is 4. The summed E-state index contributed by atoms with van der Waals surface area (Å²) in [5.74, 6) is 0.290. The van der Waals surface area contributed by atoms with Crippen molar-refractivity contribution >= 4 is 40.6 Å². The van der Waals surface area contributed by atoms with Gasteiger partial charge in [-0.25, -0.2) is 4.39 Å². The van der Waals surface area contributed by atoms with Crippen LogP contribution in [0.25, 0.3) is 4.91 Å². The Bertz CT molecular complexity index is 1320. The zero-order chi connectivity index (χ0) is 26.2. The van der Waals surface area contributed by atoms with Crippen LogP contribution in [0.4, 0.5) is 4.39 Å². The standard InChI is InChI=1S/C27H29FN6OS2/c1-34-12-10-22(33-34)17-36-24-9-6-20(26(35)31-11-2-3-18(14-29)15-30)13-23(24)25-16-32-27(37-25)19-4-7-21(28)8-5-19/h4-10,12-16,27,29,32H,2-3,11,17,30H2,1H3,(H,31,35)/b18-15-,29-14?. The number of hydrogen-bond acceptors (Lipinski definition) is 7. The van der Waals surface area contributed by atoms with Gasteiger partial charge in [-0.2, -0.15) is 5.10 Å². The molecule has 10 heteroatoms. The van der Waals surface area contributed by atoms with Gasteiger partial charge in [0.25, 0.3) is 5.91 Å². The smallest absolute Gasteiger partial charge is 0.251 e. The third kappa shape index (κ3) is 7.05. The molecule has 0 aliphatic carbocycles. The molecule has 192 valence electrons. The summed E-state index contributed by atoms with van der Waals surface area (Å²) in [6.07, 6.45) is 7.86. The number of rotatable bonds is 11. The van der Waals surface area contributed by atoms with E-state index >= 15 is 0 Å². The largest absolute Gasteiger partial charge is 0.404 e. The maximum absolute atomic E-state index is 13.4. The number of benzene rings is 2. The van der Waals surface area contributed by atoms with Crippen molar-refractivity contribution in [2.24, 2.45) is 12.8 Å². The van der Waals surface area contributed by atoms with Gasteiger partial charge in [0.05, 0.1) is 5.69 Å². The number of nitrogens with zero attached hydrogens (tertiary/aromatic N) is 2. The quantitative estimate of drug-likeness (QED) is 0.153. The maximum atomic E-state index is 13.4. The second-order valence-electron chi connectivity index (χ2n) is 8.45. The molecule has 3 aromatic rings. The van der Waals surface area contributed by atoms with Crippen LogP contribution in [0.2, 0.25) is 0 Å². The van der Waals surface area contributed by atoms with Gasteiger partial charge in [-0.15, -0.1) is 11.8 Å². The first-order valence-electron chi connectivity index (χ1n) is 11.8. The Morgan fingerprint density at radius 1 is 1.30 bits per heavy atom. The van der Waals surface area contributed by atoms with Crippen molar-refractivity contribution in [2.45, 2.75) is 28.9 Å². The fraction of sp³-hybridized carbons (Fsp3) is 0.222. The molecule has 0 bridgehead atoms. The minimum atomic E-state index is -0.264. The second-order valence-corrected chi connectivity index (χ2v) is 10.6. The Labute approximate surface area is 224 Å². The average molecular weight is 537 g/mol. The van der Waals surface area contributed by atoms with E-state index in [9.17, 15) is 9.18 Å². The molecule has 5 N–H and O–H groups in total. The summed E-state index contributed by atoms with van der Waals surface area (Å²) >= 11 is 3.31. The molecule has 1 aromatic heterocycles. The second kappa shape index (κ2) is 12.6. The molecular weight excluding hydrogens is 507 g/mol. The lowest BCUT2D eigenvalue weighted by molar-refractivity contribution is 0.0953. The molecule has 0 spiro atoms. The van der Waals surface area contributed by atoms with Crippen LogP contribution < -0.4 is 16.4 Å². The zero-order valence-electron chi connectivity index (χ0n) is 20.4. The third-order valence-corrected chi connectivity index (χ3v) is 8.10. The number of allylic oxidation sites excluding steroid dienone is 1. The zero-order valence-corrected chi connectivity index (χ0v) is 22.0. The number of aromatic nitrogens is 2. The molecule has 7 nitrogen and oxygen atoms in total. The molecule has 0 radical (unpaired) electrons. The first kappa shape index (κ1) is 26.6. The number of halogens is 1. The van der Waals surface area contributed by atoms with Gasteiger partial charge in [-0.05, 0) is 66.6 Å². The molecule has 1 atom stereocenters. The monoisotopic (exact) mass is 536 g/mol. The average Bonchev–Trinajstić information content (AvgIpc) is 3.57. The van der Waals surface area contributed by atoms with Crippen LogP contribution in [0, 0.1) is 11.2 Å². The van der Waals surface area contributed by atoms with Crippen LogP contribution in [0.5, 0.6) is 0 Å². The Hall–Kier alpha value is -3.50. The lowest BCUT2D eigenvalue weighted by Gasteiger charge is -2.14. The molecule has 0 saturated heterocycles. The molecule has 2 heterocycles. The van der Waals surface area contributed by atoms with Crippen LogP contribution in [0.15, 0.2) is 77.6 Å². The van der Waals surface area contributed by atoms with Crippen molar-refractivity contribution in [1.29, 1.82) is 5.41 Å². The topological polar surface area (TPSA) is 109 Å². The molecule has 4 rings (SSSR count). The first-order chi connectivity index (χ1) is 18.0. The molecule has 2 aromatic carbocycles. The van der Waals surface area contributed by atoms with Gasteiger partial charge in [-0.1, -0.05) is 23.9 Å². The molecule has 1 aliphatic heterocycles. The van der Waals surface area contributed by atoms with Gasteiger partial charge in [0.2, 0.25) is 0 Å². The minimum absolute atomic E-state index is 0.0413. The van der Waals surface area contributed by atoms with E-state index in [2.05, 4.69) is 15.7 Å². The van der Waals surface area contributed by atoms with Gasteiger partial charge in [0.1, 0.15) is 11.2 Å². The van der Waals surface area contributed by atoms with E-state index in [1.807, 2.05) is 43.7 Å². The summed E-state index contributed by atoms with van der Waals surface area (Å²) in [7, 11) is 1.90.